The van der Waals surface area contributed by atoms with Crippen LogP contribution in [0.4, 0.5) is 0 Å². The lowest BCUT2D eigenvalue weighted by atomic mass is 10.2. The summed E-state index contributed by atoms with van der Waals surface area (Å²) in [5, 5.41) is 0. The maximum Gasteiger partial charge on any atom is 0.262 e. The van der Waals surface area contributed by atoms with Crippen LogP contribution in [-0.2, 0) is 16.4 Å². The number of aromatic nitrogens is 1. The van der Waals surface area contributed by atoms with E-state index in [0.29, 0.717) is 10.9 Å². The summed E-state index contributed by atoms with van der Waals surface area (Å²) in [6.45, 7) is 0.363. The molecule has 0 N–H and O–H groups in total. The number of halogens is 1. The molecule has 0 fully saturated rings. The summed E-state index contributed by atoms with van der Waals surface area (Å²) >= 11 is 6.97. The molecule has 0 radical (unpaired) electrons. The third-order valence-corrected chi connectivity index (χ3v) is 6.22. The summed E-state index contributed by atoms with van der Waals surface area (Å²) in [5.74, 6) is 0. The molecule has 1 heterocycles. The van der Waals surface area contributed by atoms with Crippen LogP contribution in [0.15, 0.2) is 75.2 Å². The van der Waals surface area contributed by atoms with E-state index < -0.39 is 9.84 Å². The number of benzene rings is 2. The Morgan fingerprint density at radius 1 is 0.957 bits per heavy atom. The van der Waals surface area contributed by atoms with Crippen LogP contribution in [0.1, 0.15) is 5.56 Å². The fourth-order valence-corrected chi connectivity index (χ4v) is 4.48. The van der Waals surface area contributed by atoms with Crippen LogP contribution in [0.3, 0.4) is 0 Å². The minimum Gasteiger partial charge on any atom is -0.268 e. The van der Waals surface area contributed by atoms with Crippen molar-refractivity contribution >= 4 is 33.0 Å². The Morgan fingerprint density at radius 3 is 2.13 bits per heavy atom. The van der Waals surface area contributed by atoms with E-state index in [0.717, 1.165) is 5.56 Å². The standard InChI is InChI=1S/C16H12ClNO3S2/c17-15-10-16(19)18(22-15)11-12-6-8-14(9-7-12)23(20,21)13-4-2-1-3-5-13/h1-10H,11H2. The average molecular weight is 366 g/mol. The summed E-state index contributed by atoms with van der Waals surface area (Å²) in [4.78, 5) is 12.1. The lowest BCUT2D eigenvalue weighted by Crippen LogP contribution is -2.12. The highest BCUT2D eigenvalue weighted by atomic mass is 35.5. The number of hydrogen-bond donors (Lipinski definition) is 0. The molecule has 0 atom stereocenters. The maximum atomic E-state index is 12.5. The zero-order valence-electron chi connectivity index (χ0n) is 11.8. The minimum absolute atomic E-state index is 0.166. The highest BCUT2D eigenvalue weighted by Crippen LogP contribution is 2.21. The van der Waals surface area contributed by atoms with Gasteiger partial charge < -0.3 is 0 Å². The van der Waals surface area contributed by atoms with Gasteiger partial charge in [0.25, 0.3) is 5.56 Å². The van der Waals surface area contributed by atoms with Crippen molar-refractivity contribution in [2.75, 3.05) is 0 Å². The van der Waals surface area contributed by atoms with Crippen LogP contribution < -0.4 is 5.56 Å². The molecule has 0 spiro atoms. The van der Waals surface area contributed by atoms with Gasteiger partial charge in [0.2, 0.25) is 9.84 Å². The van der Waals surface area contributed by atoms with Gasteiger partial charge in [-0.1, -0.05) is 41.9 Å². The van der Waals surface area contributed by atoms with Gasteiger partial charge in [0.05, 0.1) is 16.3 Å². The van der Waals surface area contributed by atoms with Gasteiger partial charge >= 0.3 is 0 Å². The van der Waals surface area contributed by atoms with Crippen molar-refractivity contribution in [2.45, 2.75) is 16.3 Å². The van der Waals surface area contributed by atoms with E-state index in [1.165, 1.54) is 21.6 Å². The van der Waals surface area contributed by atoms with Gasteiger partial charge in [-0.15, -0.1) is 0 Å². The van der Waals surface area contributed by atoms with Gasteiger partial charge in [-0.25, -0.2) is 8.42 Å². The minimum atomic E-state index is -3.52. The largest absolute Gasteiger partial charge is 0.268 e. The quantitative estimate of drug-likeness (QED) is 0.711. The summed E-state index contributed by atoms with van der Waals surface area (Å²) in [7, 11) is -3.52. The molecule has 0 unspecified atom stereocenters. The van der Waals surface area contributed by atoms with Gasteiger partial charge in [-0.3, -0.25) is 8.75 Å². The van der Waals surface area contributed by atoms with E-state index in [1.807, 2.05) is 0 Å². The normalized spacial score (nSPS) is 11.5. The molecule has 3 rings (SSSR count). The molecule has 0 amide bonds. The van der Waals surface area contributed by atoms with Crippen LogP contribution >= 0.6 is 23.1 Å². The smallest absolute Gasteiger partial charge is 0.262 e. The predicted octanol–water partition coefficient (Wildman–Crippen LogP) is 3.44. The van der Waals surface area contributed by atoms with Gasteiger partial charge in [-0.2, -0.15) is 0 Å². The van der Waals surface area contributed by atoms with Crippen LogP contribution in [0.2, 0.25) is 4.34 Å². The first-order valence-corrected chi connectivity index (χ1v) is 9.36. The van der Waals surface area contributed by atoms with Crippen LogP contribution in [0.5, 0.6) is 0 Å². The second-order valence-corrected chi connectivity index (χ2v) is 8.52. The molecule has 1 aromatic heterocycles. The summed E-state index contributed by atoms with van der Waals surface area (Å²) in [5.41, 5.74) is 0.665. The van der Waals surface area contributed by atoms with E-state index >= 15 is 0 Å². The number of nitrogens with zero attached hydrogens (tertiary/aromatic N) is 1. The first-order valence-electron chi connectivity index (χ1n) is 6.72. The summed E-state index contributed by atoms with van der Waals surface area (Å²) in [6, 6.07) is 16.2. The molecule has 0 aliphatic rings. The molecule has 0 saturated carbocycles. The van der Waals surface area contributed by atoms with E-state index in [1.54, 1.807) is 54.6 Å². The van der Waals surface area contributed by atoms with Gasteiger partial charge in [0.1, 0.15) is 4.34 Å². The third kappa shape index (κ3) is 3.39. The summed E-state index contributed by atoms with van der Waals surface area (Å²) in [6.07, 6.45) is 0. The van der Waals surface area contributed by atoms with E-state index in [2.05, 4.69) is 0 Å². The fourth-order valence-electron chi connectivity index (χ4n) is 2.13. The van der Waals surface area contributed by atoms with Crippen LogP contribution in [0.25, 0.3) is 0 Å². The number of hydrogen-bond acceptors (Lipinski definition) is 4. The Balaban J connectivity index is 1.88. The zero-order valence-corrected chi connectivity index (χ0v) is 14.2. The van der Waals surface area contributed by atoms with Gasteiger partial charge in [-0.05, 0) is 41.4 Å². The Morgan fingerprint density at radius 2 is 1.57 bits per heavy atom. The molecular weight excluding hydrogens is 354 g/mol. The maximum absolute atomic E-state index is 12.5. The molecule has 0 aliphatic carbocycles. The van der Waals surface area contributed by atoms with Crippen molar-refractivity contribution in [1.82, 2.24) is 3.96 Å². The molecular formula is C16H12ClNO3S2. The molecule has 2 aromatic carbocycles. The Kier molecular flexibility index (Phi) is 4.39. The Labute approximate surface area is 142 Å². The summed E-state index contributed by atoms with van der Waals surface area (Å²) < 4.78 is 26.9. The second-order valence-electron chi connectivity index (χ2n) is 4.88. The topological polar surface area (TPSA) is 56.1 Å². The van der Waals surface area contributed by atoms with E-state index in [4.69, 9.17) is 11.6 Å². The molecule has 3 aromatic rings. The van der Waals surface area contributed by atoms with Crippen molar-refractivity contribution < 1.29 is 8.42 Å². The predicted molar refractivity (Wildman–Crippen MR) is 91.0 cm³/mol. The zero-order chi connectivity index (χ0) is 16.4. The highest BCUT2D eigenvalue weighted by Gasteiger charge is 2.16. The molecule has 0 aliphatic heterocycles. The van der Waals surface area contributed by atoms with Gasteiger partial charge in [0.15, 0.2) is 0 Å². The first kappa shape index (κ1) is 16.0. The molecule has 7 heteroatoms. The second kappa shape index (κ2) is 6.31. The lowest BCUT2D eigenvalue weighted by Gasteiger charge is -2.06. The van der Waals surface area contributed by atoms with Crippen LogP contribution in [0, 0.1) is 0 Å². The molecule has 4 nitrogen and oxygen atoms in total. The highest BCUT2D eigenvalue weighted by molar-refractivity contribution is 7.91. The van der Waals surface area contributed by atoms with Crippen LogP contribution in [-0.4, -0.2) is 12.4 Å². The fraction of sp³-hybridized carbons (Fsp3) is 0.0625. The number of sulfone groups is 1. The average Bonchev–Trinajstić information content (AvgIpc) is 2.86. The van der Waals surface area contributed by atoms with E-state index in [-0.39, 0.29) is 15.4 Å². The SMILES string of the molecule is O=c1cc(Cl)sn1Cc1ccc(S(=O)(=O)c2ccccc2)cc1. The number of rotatable bonds is 4. The Bertz CT molecular complexity index is 974. The Hall–Kier alpha value is -1.89. The van der Waals surface area contributed by atoms with Gasteiger partial charge in [0, 0.05) is 6.07 Å². The molecule has 0 bridgehead atoms. The molecule has 118 valence electrons. The lowest BCUT2D eigenvalue weighted by molar-refractivity contribution is 0.596. The van der Waals surface area contributed by atoms with Crippen molar-refractivity contribution in [1.29, 1.82) is 0 Å². The van der Waals surface area contributed by atoms with Crippen molar-refractivity contribution in [3.05, 3.63) is 80.9 Å². The molecule has 0 saturated heterocycles. The van der Waals surface area contributed by atoms with Crippen molar-refractivity contribution in [3.63, 3.8) is 0 Å². The molecule has 23 heavy (non-hydrogen) atoms. The van der Waals surface area contributed by atoms with Crippen molar-refractivity contribution in [3.8, 4) is 0 Å². The van der Waals surface area contributed by atoms with Crippen molar-refractivity contribution in [2.24, 2.45) is 0 Å². The third-order valence-electron chi connectivity index (χ3n) is 3.29. The monoisotopic (exact) mass is 365 g/mol. The van der Waals surface area contributed by atoms with E-state index in [9.17, 15) is 13.2 Å². The first-order chi connectivity index (χ1) is 11.0.